The van der Waals surface area contributed by atoms with Crippen molar-refractivity contribution < 1.29 is 19.4 Å². The summed E-state index contributed by atoms with van der Waals surface area (Å²) >= 11 is 0. The molecular formula is C24H27NO4. The van der Waals surface area contributed by atoms with E-state index in [1.165, 1.54) is 0 Å². The third-order valence-electron chi connectivity index (χ3n) is 5.09. The summed E-state index contributed by atoms with van der Waals surface area (Å²) in [7, 11) is 1.58. The molecule has 0 saturated carbocycles. The van der Waals surface area contributed by atoms with E-state index in [1.807, 2.05) is 69.3 Å². The van der Waals surface area contributed by atoms with Crippen molar-refractivity contribution in [2.24, 2.45) is 5.92 Å². The van der Waals surface area contributed by atoms with Crippen molar-refractivity contribution in [3.8, 4) is 5.75 Å². The Kier molecular flexibility index (Phi) is 6.06. The lowest BCUT2D eigenvalue weighted by molar-refractivity contribution is -0.130. The van der Waals surface area contributed by atoms with Gasteiger partial charge in [0.25, 0.3) is 5.91 Å². The normalized spacial score (nSPS) is 16.7. The van der Waals surface area contributed by atoms with Gasteiger partial charge in [-0.05, 0) is 24.5 Å². The number of ether oxygens (including phenoxy) is 1. The maximum atomic E-state index is 13.0. The van der Waals surface area contributed by atoms with E-state index in [1.54, 1.807) is 12.0 Å². The zero-order chi connectivity index (χ0) is 21.1. The number of benzene rings is 2. The van der Waals surface area contributed by atoms with Crippen LogP contribution in [-0.2, 0) is 16.1 Å². The smallest absolute Gasteiger partial charge is 0.290 e. The highest BCUT2D eigenvalue weighted by atomic mass is 16.5. The van der Waals surface area contributed by atoms with Crippen molar-refractivity contribution in [1.82, 2.24) is 4.90 Å². The second-order valence-electron chi connectivity index (χ2n) is 7.85. The maximum absolute atomic E-state index is 13.0. The van der Waals surface area contributed by atoms with Crippen LogP contribution in [0.1, 0.15) is 43.0 Å². The molecule has 0 aromatic heterocycles. The van der Waals surface area contributed by atoms with Crippen LogP contribution in [0.2, 0.25) is 0 Å². The molecule has 2 aromatic carbocycles. The van der Waals surface area contributed by atoms with Crippen molar-refractivity contribution in [2.75, 3.05) is 7.11 Å². The van der Waals surface area contributed by atoms with Crippen LogP contribution in [0.25, 0.3) is 0 Å². The molecule has 0 saturated heterocycles. The Morgan fingerprint density at radius 2 is 1.90 bits per heavy atom. The lowest BCUT2D eigenvalue weighted by Crippen LogP contribution is -2.31. The van der Waals surface area contributed by atoms with Gasteiger partial charge in [-0.2, -0.15) is 0 Å². The minimum Gasteiger partial charge on any atom is -0.503 e. The van der Waals surface area contributed by atoms with Gasteiger partial charge in [-0.15, -0.1) is 0 Å². The van der Waals surface area contributed by atoms with E-state index in [4.69, 9.17) is 4.74 Å². The number of aryl methyl sites for hydroxylation is 1. The summed E-state index contributed by atoms with van der Waals surface area (Å²) in [6, 6.07) is 14.5. The number of carbonyl (C=O) groups is 2. The number of aliphatic hydroxyl groups excluding tert-OH is 1. The van der Waals surface area contributed by atoms with Gasteiger partial charge in [0.05, 0.1) is 25.3 Å². The number of amides is 1. The number of rotatable bonds is 7. The molecule has 2 aromatic rings. The number of aliphatic hydroxyl groups is 1. The number of hydrogen-bond acceptors (Lipinski definition) is 4. The topological polar surface area (TPSA) is 66.8 Å². The summed E-state index contributed by atoms with van der Waals surface area (Å²) in [5.74, 6) is -0.393. The molecular weight excluding hydrogens is 366 g/mol. The van der Waals surface area contributed by atoms with E-state index >= 15 is 0 Å². The van der Waals surface area contributed by atoms with E-state index in [2.05, 4.69) is 0 Å². The number of carbonyl (C=O) groups excluding carboxylic acids is 2. The molecule has 0 aliphatic carbocycles. The van der Waals surface area contributed by atoms with Crippen molar-refractivity contribution in [3.63, 3.8) is 0 Å². The Morgan fingerprint density at radius 3 is 2.55 bits per heavy atom. The zero-order valence-electron chi connectivity index (χ0n) is 17.3. The third-order valence-corrected chi connectivity index (χ3v) is 5.09. The fraction of sp³-hybridized carbons (Fsp3) is 0.333. The van der Waals surface area contributed by atoms with Crippen LogP contribution >= 0.6 is 0 Å². The van der Waals surface area contributed by atoms with Gasteiger partial charge >= 0.3 is 0 Å². The highest BCUT2D eigenvalue weighted by Crippen LogP contribution is 2.40. The predicted molar refractivity (Wildman–Crippen MR) is 112 cm³/mol. The van der Waals surface area contributed by atoms with E-state index in [0.717, 1.165) is 16.7 Å². The molecule has 1 aliphatic rings. The van der Waals surface area contributed by atoms with Crippen molar-refractivity contribution >= 4 is 11.7 Å². The average molecular weight is 393 g/mol. The van der Waals surface area contributed by atoms with E-state index in [0.29, 0.717) is 5.75 Å². The van der Waals surface area contributed by atoms with Gasteiger partial charge in [0.2, 0.25) is 0 Å². The summed E-state index contributed by atoms with van der Waals surface area (Å²) < 4.78 is 5.42. The van der Waals surface area contributed by atoms with Crippen molar-refractivity contribution in [3.05, 3.63) is 76.6 Å². The first kappa shape index (κ1) is 20.6. The number of ketones is 1. The first-order valence-corrected chi connectivity index (χ1v) is 9.79. The van der Waals surface area contributed by atoms with Crippen LogP contribution in [-0.4, -0.2) is 28.8 Å². The second-order valence-corrected chi connectivity index (χ2v) is 7.85. The molecule has 1 atom stereocenters. The number of methoxy groups -OCH3 is 1. The van der Waals surface area contributed by atoms with Crippen LogP contribution in [0, 0.1) is 12.8 Å². The average Bonchev–Trinajstić information content (AvgIpc) is 2.93. The molecule has 5 heteroatoms. The molecule has 1 N–H and O–H groups in total. The lowest BCUT2D eigenvalue weighted by Gasteiger charge is -2.28. The van der Waals surface area contributed by atoms with Crippen LogP contribution in [0.3, 0.4) is 0 Å². The quantitative estimate of drug-likeness (QED) is 0.751. The van der Waals surface area contributed by atoms with Crippen molar-refractivity contribution in [1.29, 1.82) is 0 Å². The molecule has 1 heterocycles. The van der Waals surface area contributed by atoms with Gasteiger partial charge in [0.1, 0.15) is 5.75 Å². The third kappa shape index (κ3) is 4.19. The van der Waals surface area contributed by atoms with Crippen LogP contribution in [0.5, 0.6) is 5.75 Å². The number of Topliss-reactive ketones (excluding diaryl/α,β-unsaturated/α-hetero) is 1. The highest BCUT2D eigenvalue weighted by Gasteiger charge is 2.43. The lowest BCUT2D eigenvalue weighted by atomic mass is 9.91. The van der Waals surface area contributed by atoms with E-state index in [-0.39, 0.29) is 30.2 Å². The number of nitrogens with zero attached hydrogens (tertiary/aromatic N) is 1. The first-order chi connectivity index (χ1) is 13.8. The first-order valence-electron chi connectivity index (χ1n) is 9.79. The summed E-state index contributed by atoms with van der Waals surface area (Å²) in [5.41, 5.74) is 2.83. The summed E-state index contributed by atoms with van der Waals surface area (Å²) in [5, 5.41) is 10.7. The summed E-state index contributed by atoms with van der Waals surface area (Å²) in [4.78, 5) is 27.5. The Balaban J connectivity index is 2.07. The molecule has 0 radical (unpaired) electrons. The molecule has 0 bridgehead atoms. The van der Waals surface area contributed by atoms with Gasteiger partial charge in [-0.1, -0.05) is 61.9 Å². The Hall–Kier alpha value is -3.08. The maximum Gasteiger partial charge on any atom is 0.290 e. The van der Waals surface area contributed by atoms with Crippen molar-refractivity contribution in [2.45, 2.75) is 39.8 Å². The van der Waals surface area contributed by atoms with Gasteiger partial charge < -0.3 is 14.7 Å². The SMILES string of the molecule is COc1ccccc1CN1C(=O)C(O)=C(C(=O)CC(C)C)C1c1cccc(C)c1. The minimum atomic E-state index is -0.626. The standard InChI is InChI=1S/C24H27NO4/c1-15(2)12-19(26)21-22(17-10-7-8-16(3)13-17)25(24(28)23(21)27)14-18-9-5-6-11-20(18)29-4/h5-11,13,15,22,27H,12,14H2,1-4H3. The Morgan fingerprint density at radius 1 is 1.17 bits per heavy atom. The number of para-hydroxylation sites is 1. The molecule has 3 rings (SSSR count). The van der Waals surface area contributed by atoms with E-state index in [9.17, 15) is 14.7 Å². The molecule has 152 valence electrons. The molecule has 5 nitrogen and oxygen atoms in total. The van der Waals surface area contributed by atoms with Crippen LogP contribution in [0.15, 0.2) is 59.9 Å². The molecule has 1 amide bonds. The van der Waals surface area contributed by atoms with Gasteiger partial charge in [-0.25, -0.2) is 0 Å². The fourth-order valence-corrected chi connectivity index (χ4v) is 3.79. The van der Waals surface area contributed by atoms with Crippen LogP contribution in [0.4, 0.5) is 0 Å². The summed E-state index contributed by atoms with van der Waals surface area (Å²) in [6.07, 6.45) is 0.275. The minimum absolute atomic E-state index is 0.124. The monoisotopic (exact) mass is 393 g/mol. The molecule has 0 fully saturated rings. The molecule has 1 aliphatic heterocycles. The Labute approximate surface area is 171 Å². The molecule has 29 heavy (non-hydrogen) atoms. The highest BCUT2D eigenvalue weighted by molar-refractivity contribution is 6.09. The zero-order valence-corrected chi connectivity index (χ0v) is 17.3. The molecule has 0 spiro atoms. The fourth-order valence-electron chi connectivity index (χ4n) is 3.79. The second kappa shape index (κ2) is 8.52. The van der Waals surface area contributed by atoms with Gasteiger partial charge in [-0.3, -0.25) is 9.59 Å². The van der Waals surface area contributed by atoms with Gasteiger partial charge in [0, 0.05) is 12.0 Å². The van der Waals surface area contributed by atoms with Crippen LogP contribution < -0.4 is 4.74 Å². The summed E-state index contributed by atoms with van der Waals surface area (Å²) in [6.45, 7) is 6.08. The number of hydrogen-bond donors (Lipinski definition) is 1. The largest absolute Gasteiger partial charge is 0.503 e. The predicted octanol–water partition coefficient (Wildman–Crippen LogP) is 4.51. The Bertz CT molecular complexity index is 961. The molecule has 1 unspecified atom stereocenters. The van der Waals surface area contributed by atoms with E-state index < -0.39 is 17.7 Å². The van der Waals surface area contributed by atoms with Gasteiger partial charge in [0.15, 0.2) is 11.5 Å².